The van der Waals surface area contributed by atoms with Crippen molar-refractivity contribution in [3.05, 3.63) is 22.7 Å². The normalized spacial score (nSPS) is 20.1. The fourth-order valence-corrected chi connectivity index (χ4v) is 2.03. The van der Waals surface area contributed by atoms with Gasteiger partial charge in [-0.2, -0.15) is 0 Å². The van der Waals surface area contributed by atoms with Crippen molar-refractivity contribution in [2.45, 2.75) is 6.04 Å². The Hall–Kier alpha value is -1.07. The van der Waals surface area contributed by atoms with Gasteiger partial charge in [0.1, 0.15) is 18.4 Å². The van der Waals surface area contributed by atoms with Crippen molar-refractivity contribution >= 4 is 27.5 Å². The molecule has 86 valence electrons. The molecule has 1 unspecified atom stereocenters. The Balaban J connectivity index is 2.42. The molecule has 5 heteroatoms. The second-order valence-corrected chi connectivity index (χ2v) is 4.58. The number of benzene rings is 1. The number of fused-ring (bicyclic) bond motifs is 1. The highest BCUT2D eigenvalue weighted by Crippen LogP contribution is 2.33. The first kappa shape index (κ1) is 11.4. The van der Waals surface area contributed by atoms with Crippen LogP contribution in [-0.2, 0) is 4.79 Å². The number of nitrogens with one attached hydrogen (secondary N) is 1. The molecule has 4 nitrogen and oxygen atoms in total. The average molecular weight is 285 g/mol. The quantitative estimate of drug-likeness (QED) is 0.848. The summed E-state index contributed by atoms with van der Waals surface area (Å²) in [6, 6.07) is 5.35. The molecule has 16 heavy (non-hydrogen) atoms. The van der Waals surface area contributed by atoms with E-state index in [-0.39, 0.29) is 11.9 Å². The van der Waals surface area contributed by atoms with Crippen LogP contribution < -0.4 is 15.0 Å². The average Bonchev–Trinajstić information content (AvgIpc) is 2.40. The van der Waals surface area contributed by atoms with Gasteiger partial charge in [0, 0.05) is 11.5 Å². The minimum atomic E-state index is -0.295. The van der Waals surface area contributed by atoms with Crippen LogP contribution in [0.15, 0.2) is 22.7 Å². The molecule has 1 N–H and O–H groups in total. The molecule has 0 saturated carbocycles. The molecule has 0 saturated heterocycles. The molecule has 0 radical (unpaired) electrons. The van der Waals surface area contributed by atoms with E-state index in [0.29, 0.717) is 6.61 Å². The Labute approximate surface area is 103 Å². The van der Waals surface area contributed by atoms with Gasteiger partial charge in [0.25, 0.3) is 0 Å². The maximum atomic E-state index is 12.0. The number of hydrogen-bond acceptors (Lipinski definition) is 3. The maximum Gasteiger partial charge on any atom is 0.247 e. The van der Waals surface area contributed by atoms with E-state index in [1.54, 1.807) is 19.0 Å². The fourth-order valence-electron chi connectivity index (χ4n) is 1.68. The zero-order valence-corrected chi connectivity index (χ0v) is 10.7. The number of amides is 1. The number of halogens is 1. The highest BCUT2D eigenvalue weighted by atomic mass is 79.9. The molecule has 0 aliphatic carbocycles. The van der Waals surface area contributed by atoms with E-state index < -0.39 is 0 Å². The molecule has 0 aromatic heterocycles. The third-order valence-electron chi connectivity index (χ3n) is 2.66. The molecule has 0 bridgehead atoms. The van der Waals surface area contributed by atoms with Crippen molar-refractivity contribution < 1.29 is 9.53 Å². The van der Waals surface area contributed by atoms with Crippen molar-refractivity contribution in [3.8, 4) is 5.75 Å². The molecule has 0 spiro atoms. The first-order chi connectivity index (χ1) is 7.63. The van der Waals surface area contributed by atoms with Crippen LogP contribution in [0.3, 0.4) is 0 Å². The van der Waals surface area contributed by atoms with Crippen LogP contribution in [-0.4, -0.2) is 32.7 Å². The summed E-state index contributed by atoms with van der Waals surface area (Å²) in [5, 5.41) is 2.95. The first-order valence-electron chi connectivity index (χ1n) is 5.00. The number of carbonyl (C=O) groups excluding carboxylic acids is 1. The summed E-state index contributed by atoms with van der Waals surface area (Å²) in [4.78, 5) is 13.6. The van der Waals surface area contributed by atoms with Gasteiger partial charge in [-0.25, -0.2) is 0 Å². The number of likely N-dealkylation sites (N-methyl/N-ethyl adjacent to an activating group) is 2. The summed E-state index contributed by atoms with van der Waals surface area (Å²) >= 11 is 3.39. The van der Waals surface area contributed by atoms with Crippen LogP contribution in [0.25, 0.3) is 0 Å². The molecule has 1 aliphatic heterocycles. The van der Waals surface area contributed by atoms with E-state index in [2.05, 4.69) is 21.2 Å². The summed E-state index contributed by atoms with van der Waals surface area (Å²) in [6.45, 7) is 0.355. The number of rotatable bonds is 1. The molecule has 1 amide bonds. The highest BCUT2D eigenvalue weighted by molar-refractivity contribution is 9.10. The second-order valence-electron chi connectivity index (χ2n) is 3.66. The summed E-state index contributed by atoms with van der Waals surface area (Å²) in [5.74, 6) is 0.746. The molecule has 1 heterocycles. The second kappa shape index (κ2) is 4.43. The van der Waals surface area contributed by atoms with Crippen LogP contribution in [0.1, 0.15) is 0 Å². The number of nitrogens with zero attached hydrogens (tertiary/aromatic N) is 1. The Morgan fingerprint density at radius 3 is 3.00 bits per heavy atom. The van der Waals surface area contributed by atoms with Gasteiger partial charge in [0.05, 0.1) is 5.69 Å². The largest absolute Gasteiger partial charge is 0.489 e. The SMILES string of the molecule is CNC1COc2ccc(Br)cc2N(C)C1=O. The summed E-state index contributed by atoms with van der Waals surface area (Å²) in [5.41, 5.74) is 0.789. The lowest BCUT2D eigenvalue weighted by Crippen LogP contribution is -2.45. The summed E-state index contributed by atoms with van der Waals surface area (Å²) in [7, 11) is 3.51. The van der Waals surface area contributed by atoms with Crippen LogP contribution in [0, 0.1) is 0 Å². The Bertz CT molecular complexity index is 422. The third kappa shape index (κ3) is 1.92. The highest BCUT2D eigenvalue weighted by Gasteiger charge is 2.27. The molecule has 1 aromatic carbocycles. The van der Waals surface area contributed by atoms with E-state index in [0.717, 1.165) is 15.9 Å². The number of hydrogen-bond donors (Lipinski definition) is 1. The molecular weight excluding hydrogens is 272 g/mol. The van der Waals surface area contributed by atoms with Crippen molar-refractivity contribution in [3.63, 3.8) is 0 Å². The van der Waals surface area contributed by atoms with Gasteiger partial charge in [0.15, 0.2) is 0 Å². The Morgan fingerprint density at radius 2 is 2.31 bits per heavy atom. The minimum absolute atomic E-state index is 0.0133. The topological polar surface area (TPSA) is 41.6 Å². The monoisotopic (exact) mass is 284 g/mol. The van der Waals surface area contributed by atoms with Crippen molar-refractivity contribution in [2.24, 2.45) is 0 Å². The number of anilines is 1. The summed E-state index contributed by atoms with van der Waals surface area (Å²) < 4.78 is 6.53. The zero-order valence-electron chi connectivity index (χ0n) is 9.16. The van der Waals surface area contributed by atoms with Crippen LogP contribution in [0.5, 0.6) is 5.75 Å². The predicted molar refractivity (Wildman–Crippen MR) is 65.9 cm³/mol. The standard InChI is InChI=1S/C11H13BrN2O2/c1-13-8-6-16-10-4-3-7(12)5-9(10)14(2)11(8)15/h3-5,8,13H,6H2,1-2H3. The van der Waals surface area contributed by atoms with E-state index >= 15 is 0 Å². The molecule has 1 aliphatic rings. The van der Waals surface area contributed by atoms with Gasteiger partial charge in [-0.05, 0) is 25.2 Å². The predicted octanol–water partition coefficient (Wildman–Crippen LogP) is 1.39. The van der Waals surface area contributed by atoms with Crippen LogP contribution in [0.2, 0.25) is 0 Å². The Morgan fingerprint density at radius 1 is 1.56 bits per heavy atom. The van der Waals surface area contributed by atoms with Gasteiger partial charge in [-0.3, -0.25) is 4.79 Å². The molecular formula is C11H13BrN2O2. The van der Waals surface area contributed by atoms with E-state index in [1.165, 1.54) is 0 Å². The minimum Gasteiger partial charge on any atom is -0.489 e. The molecule has 0 fully saturated rings. The van der Waals surface area contributed by atoms with Crippen LogP contribution >= 0.6 is 15.9 Å². The van der Waals surface area contributed by atoms with E-state index in [9.17, 15) is 4.79 Å². The Kier molecular flexibility index (Phi) is 3.16. The van der Waals surface area contributed by atoms with E-state index in [1.807, 2.05) is 18.2 Å². The van der Waals surface area contributed by atoms with E-state index in [4.69, 9.17) is 4.74 Å². The van der Waals surface area contributed by atoms with Gasteiger partial charge >= 0.3 is 0 Å². The summed E-state index contributed by atoms with van der Waals surface area (Å²) in [6.07, 6.45) is 0. The van der Waals surface area contributed by atoms with Gasteiger partial charge in [-0.1, -0.05) is 15.9 Å². The van der Waals surface area contributed by atoms with Gasteiger partial charge in [-0.15, -0.1) is 0 Å². The van der Waals surface area contributed by atoms with Crippen molar-refractivity contribution in [1.29, 1.82) is 0 Å². The smallest absolute Gasteiger partial charge is 0.247 e. The fraction of sp³-hybridized carbons (Fsp3) is 0.364. The number of carbonyl (C=O) groups is 1. The van der Waals surface area contributed by atoms with Crippen molar-refractivity contribution in [2.75, 3.05) is 25.6 Å². The zero-order chi connectivity index (χ0) is 11.7. The maximum absolute atomic E-state index is 12.0. The van der Waals surface area contributed by atoms with Gasteiger partial charge in [0.2, 0.25) is 5.91 Å². The third-order valence-corrected chi connectivity index (χ3v) is 3.16. The first-order valence-corrected chi connectivity index (χ1v) is 5.80. The lowest BCUT2D eigenvalue weighted by Gasteiger charge is -2.19. The number of ether oxygens (including phenoxy) is 1. The molecule has 1 aromatic rings. The molecule has 1 atom stereocenters. The molecule has 2 rings (SSSR count). The van der Waals surface area contributed by atoms with Crippen molar-refractivity contribution in [1.82, 2.24) is 5.32 Å². The lowest BCUT2D eigenvalue weighted by molar-refractivity contribution is -0.120. The lowest BCUT2D eigenvalue weighted by atomic mass is 10.2. The van der Waals surface area contributed by atoms with Crippen LogP contribution in [0.4, 0.5) is 5.69 Å². The van der Waals surface area contributed by atoms with Gasteiger partial charge < -0.3 is 15.0 Å².